The first kappa shape index (κ1) is 12.1. The fourth-order valence-corrected chi connectivity index (χ4v) is 3.96. The van der Waals surface area contributed by atoms with Crippen LogP contribution in [0.3, 0.4) is 0 Å². The Bertz CT molecular complexity index is 257. The van der Waals surface area contributed by atoms with Crippen molar-refractivity contribution >= 4 is 7.14 Å². The van der Waals surface area contributed by atoms with Crippen LogP contribution in [0.4, 0.5) is 0 Å². The summed E-state index contributed by atoms with van der Waals surface area (Å²) >= 11 is 0. The lowest BCUT2D eigenvalue weighted by molar-refractivity contribution is -0.101. The molecular formula is C7H15O6P. The van der Waals surface area contributed by atoms with Gasteiger partial charge < -0.3 is 30.1 Å². The third kappa shape index (κ3) is 1.62. The van der Waals surface area contributed by atoms with Crippen LogP contribution in [0.5, 0.6) is 0 Å². The van der Waals surface area contributed by atoms with E-state index >= 15 is 0 Å². The second-order valence-corrected chi connectivity index (χ2v) is 7.00. The van der Waals surface area contributed by atoms with Crippen LogP contribution in [-0.4, -0.2) is 68.6 Å². The van der Waals surface area contributed by atoms with E-state index in [0.29, 0.717) is 0 Å². The second kappa shape index (κ2) is 3.89. The summed E-state index contributed by atoms with van der Waals surface area (Å²) in [6, 6.07) is 0. The lowest BCUT2D eigenvalue weighted by atomic mass is 10.0. The van der Waals surface area contributed by atoms with Crippen LogP contribution in [0.2, 0.25) is 0 Å². The van der Waals surface area contributed by atoms with E-state index in [1.54, 1.807) is 0 Å². The van der Waals surface area contributed by atoms with Crippen molar-refractivity contribution < 1.29 is 30.1 Å². The molecule has 6 atom stereocenters. The minimum absolute atomic E-state index is 0.601. The molecule has 1 fully saturated rings. The van der Waals surface area contributed by atoms with E-state index in [1.165, 1.54) is 6.66 Å². The maximum atomic E-state index is 11.9. The molecule has 1 heterocycles. The monoisotopic (exact) mass is 226 g/mol. The molecule has 84 valence electrons. The molecule has 0 spiro atoms. The summed E-state index contributed by atoms with van der Waals surface area (Å²) in [5.74, 6) is -1.60. The van der Waals surface area contributed by atoms with Gasteiger partial charge >= 0.3 is 0 Å². The molecule has 1 rings (SSSR count). The van der Waals surface area contributed by atoms with E-state index < -0.39 is 43.6 Å². The zero-order chi connectivity index (χ0) is 11.1. The van der Waals surface area contributed by atoms with Crippen molar-refractivity contribution in [2.24, 2.45) is 0 Å². The molecule has 1 aliphatic heterocycles. The Labute approximate surface area is 81.2 Å². The maximum absolute atomic E-state index is 11.9. The van der Waals surface area contributed by atoms with Gasteiger partial charge in [0, 0.05) is 0 Å². The molecule has 0 saturated carbocycles. The van der Waals surface area contributed by atoms with E-state index in [9.17, 15) is 25.0 Å². The summed E-state index contributed by atoms with van der Waals surface area (Å²) in [7, 11) is -3.29. The molecule has 0 aromatic carbocycles. The van der Waals surface area contributed by atoms with E-state index in [0.717, 1.165) is 0 Å². The molecule has 6 nitrogen and oxygen atoms in total. The zero-order valence-corrected chi connectivity index (χ0v) is 8.58. The Hall–Kier alpha value is 0.0300. The zero-order valence-electron chi connectivity index (χ0n) is 7.69. The SMILES string of the molecule is CP1(=O)[C@H](O)[C@H](O)[C@@H](O)[C@H](O)[C@H]1CO. The molecule has 1 aliphatic rings. The molecule has 0 aliphatic carbocycles. The van der Waals surface area contributed by atoms with Crippen LogP contribution in [0, 0.1) is 0 Å². The summed E-state index contributed by atoms with van der Waals surface area (Å²) in [6.07, 6.45) is -4.69. The average molecular weight is 226 g/mol. The van der Waals surface area contributed by atoms with Crippen molar-refractivity contribution in [2.45, 2.75) is 29.8 Å². The third-order valence-electron chi connectivity index (χ3n) is 2.77. The summed E-state index contributed by atoms with van der Waals surface area (Å²) in [4.78, 5) is 0. The summed E-state index contributed by atoms with van der Waals surface area (Å²) < 4.78 is 11.9. The standard InChI is InChI=1S/C7H15O6P/c1-14(13)3(2-8)4(9)5(10)6(11)7(14)12/h3-12H,2H2,1H3/t3-,4-,5+,6-,7+,14?/m1/s1. The Morgan fingerprint density at radius 3 is 2.00 bits per heavy atom. The number of aliphatic hydroxyl groups is 5. The molecule has 0 aromatic heterocycles. The minimum Gasteiger partial charge on any atom is -0.395 e. The van der Waals surface area contributed by atoms with Gasteiger partial charge in [-0.3, -0.25) is 0 Å². The number of hydrogen-bond donors (Lipinski definition) is 5. The van der Waals surface area contributed by atoms with Crippen LogP contribution in [0.1, 0.15) is 0 Å². The Kier molecular flexibility index (Phi) is 3.36. The molecular weight excluding hydrogens is 211 g/mol. The van der Waals surface area contributed by atoms with E-state index in [1.807, 2.05) is 0 Å². The van der Waals surface area contributed by atoms with Gasteiger partial charge in [-0.1, -0.05) is 0 Å². The van der Waals surface area contributed by atoms with Gasteiger partial charge in [-0.05, 0) is 6.66 Å². The van der Waals surface area contributed by atoms with Crippen molar-refractivity contribution in [3.8, 4) is 0 Å². The van der Waals surface area contributed by atoms with Gasteiger partial charge in [-0.15, -0.1) is 0 Å². The number of hydrogen-bond acceptors (Lipinski definition) is 6. The van der Waals surface area contributed by atoms with Crippen molar-refractivity contribution in [3.05, 3.63) is 0 Å². The molecule has 0 amide bonds. The van der Waals surface area contributed by atoms with Gasteiger partial charge in [0.05, 0.1) is 18.4 Å². The molecule has 0 aromatic rings. The van der Waals surface area contributed by atoms with Gasteiger partial charge in [0.2, 0.25) is 0 Å². The molecule has 7 heteroatoms. The van der Waals surface area contributed by atoms with Gasteiger partial charge in [-0.2, -0.15) is 0 Å². The van der Waals surface area contributed by atoms with Gasteiger partial charge in [0.25, 0.3) is 0 Å². The highest BCUT2D eigenvalue weighted by Gasteiger charge is 2.52. The van der Waals surface area contributed by atoms with Crippen molar-refractivity contribution in [2.75, 3.05) is 13.3 Å². The molecule has 1 saturated heterocycles. The number of aliphatic hydroxyl groups excluding tert-OH is 5. The van der Waals surface area contributed by atoms with Crippen LogP contribution in [0.25, 0.3) is 0 Å². The third-order valence-corrected chi connectivity index (χ3v) is 5.91. The topological polar surface area (TPSA) is 118 Å². The van der Waals surface area contributed by atoms with E-state index in [-0.39, 0.29) is 0 Å². The van der Waals surface area contributed by atoms with Crippen LogP contribution in [0.15, 0.2) is 0 Å². The minimum atomic E-state index is -3.29. The quantitative estimate of drug-likeness (QED) is 0.322. The fraction of sp³-hybridized carbons (Fsp3) is 1.00. The summed E-state index contributed by atoms with van der Waals surface area (Å²) in [5, 5.41) is 46.2. The largest absolute Gasteiger partial charge is 0.395 e. The predicted molar refractivity (Wildman–Crippen MR) is 48.4 cm³/mol. The Balaban J connectivity index is 3.03. The molecule has 14 heavy (non-hydrogen) atoms. The highest BCUT2D eigenvalue weighted by molar-refractivity contribution is 7.64. The Morgan fingerprint density at radius 1 is 1.07 bits per heavy atom. The summed E-state index contributed by atoms with van der Waals surface area (Å²) in [6.45, 7) is 0.590. The summed E-state index contributed by atoms with van der Waals surface area (Å²) in [5.41, 5.74) is -1.09. The van der Waals surface area contributed by atoms with Crippen LogP contribution >= 0.6 is 7.14 Å². The maximum Gasteiger partial charge on any atom is 0.135 e. The number of rotatable bonds is 1. The van der Waals surface area contributed by atoms with Crippen molar-refractivity contribution in [1.82, 2.24) is 0 Å². The molecule has 0 radical (unpaired) electrons. The van der Waals surface area contributed by atoms with Crippen molar-refractivity contribution in [1.29, 1.82) is 0 Å². The Morgan fingerprint density at radius 2 is 1.57 bits per heavy atom. The first-order valence-corrected chi connectivity index (χ1v) is 6.53. The molecule has 0 bridgehead atoms. The highest BCUT2D eigenvalue weighted by atomic mass is 31.2. The van der Waals surface area contributed by atoms with Gasteiger partial charge in [0.15, 0.2) is 0 Å². The fourth-order valence-electron chi connectivity index (χ4n) is 1.68. The lowest BCUT2D eigenvalue weighted by Crippen LogP contribution is -2.56. The van der Waals surface area contributed by atoms with Gasteiger partial charge in [0.1, 0.15) is 25.2 Å². The molecule has 1 unspecified atom stereocenters. The second-order valence-electron chi connectivity index (χ2n) is 3.69. The first-order valence-electron chi connectivity index (χ1n) is 4.24. The van der Waals surface area contributed by atoms with Gasteiger partial charge in [-0.25, -0.2) is 0 Å². The average Bonchev–Trinajstić information content (AvgIpc) is 2.13. The van der Waals surface area contributed by atoms with Crippen molar-refractivity contribution in [3.63, 3.8) is 0 Å². The van der Waals surface area contributed by atoms with Crippen LogP contribution in [-0.2, 0) is 4.57 Å². The lowest BCUT2D eigenvalue weighted by Gasteiger charge is -2.42. The highest BCUT2D eigenvalue weighted by Crippen LogP contribution is 2.56. The van der Waals surface area contributed by atoms with E-state index in [2.05, 4.69) is 0 Å². The first-order chi connectivity index (χ1) is 6.34. The van der Waals surface area contributed by atoms with E-state index in [4.69, 9.17) is 5.11 Å². The van der Waals surface area contributed by atoms with Crippen LogP contribution < -0.4 is 0 Å². The molecule has 5 N–H and O–H groups in total. The predicted octanol–water partition coefficient (Wildman–Crippen LogP) is -2.25. The smallest absolute Gasteiger partial charge is 0.135 e. The normalized spacial score (nSPS) is 54.6.